The van der Waals surface area contributed by atoms with Crippen LogP contribution >= 0.6 is 46.1 Å². The minimum atomic E-state index is 0.542. The molecule has 0 spiro atoms. The Labute approximate surface area is 137 Å². The molecule has 0 unspecified atom stereocenters. The van der Waals surface area contributed by atoms with Gasteiger partial charge in [-0.15, -0.1) is 11.3 Å². The maximum Gasteiger partial charge on any atom is 0.0652 e. The van der Waals surface area contributed by atoms with Crippen molar-refractivity contribution in [1.82, 2.24) is 5.32 Å². The lowest BCUT2D eigenvalue weighted by atomic mass is 10.2. The van der Waals surface area contributed by atoms with E-state index in [1.54, 1.807) is 17.0 Å². The summed E-state index contributed by atoms with van der Waals surface area (Å²) in [6, 6.07) is 5.83. The Morgan fingerprint density at radius 2 is 1.85 bits per heavy atom. The van der Waals surface area contributed by atoms with E-state index in [1.165, 1.54) is 29.7 Å². The summed E-state index contributed by atoms with van der Waals surface area (Å²) >= 11 is 20.3. The van der Waals surface area contributed by atoms with Crippen molar-refractivity contribution in [3.63, 3.8) is 0 Å². The first kappa shape index (κ1) is 14.7. The Morgan fingerprint density at radius 3 is 2.65 bits per heavy atom. The summed E-state index contributed by atoms with van der Waals surface area (Å²) in [5.41, 5.74) is 2.40. The van der Waals surface area contributed by atoms with Crippen molar-refractivity contribution in [2.45, 2.75) is 32.4 Å². The largest absolute Gasteiger partial charge is 0.308 e. The summed E-state index contributed by atoms with van der Waals surface area (Å²) in [4.78, 5) is 2.93. The Balaban J connectivity index is 1.64. The summed E-state index contributed by atoms with van der Waals surface area (Å²) in [5, 5.41) is 5.14. The third-order valence-electron chi connectivity index (χ3n) is 3.54. The maximum atomic E-state index is 6.19. The van der Waals surface area contributed by atoms with Crippen LogP contribution in [0.1, 0.15) is 27.3 Å². The first-order valence-electron chi connectivity index (χ1n) is 6.58. The predicted octanol–water partition coefficient (Wildman–Crippen LogP) is 5.49. The lowest BCUT2D eigenvalue weighted by Gasteiger charge is -2.09. The average Bonchev–Trinajstić information content (AvgIpc) is 2.99. The molecule has 0 aliphatic heterocycles. The fraction of sp³-hybridized carbons (Fsp3) is 0.333. The Kier molecular flexibility index (Phi) is 4.58. The van der Waals surface area contributed by atoms with Crippen LogP contribution in [0.5, 0.6) is 0 Å². The van der Waals surface area contributed by atoms with E-state index in [4.69, 9.17) is 34.8 Å². The highest BCUT2D eigenvalue weighted by molar-refractivity contribution is 7.12. The molecule has 5 heteroatoms. The Hall–Kier alpha value is -0.250. The number of rotatable bonds is 4. The summed E-state index contributed by atoms with van der Waals surface area (Å²) in [5.74, 6) is 0. The number of benzene rings is 1. The van der Waals surface area contributed by atoms with Crippen LogP contribution in [0.4, 0.5) is 0 Å². The van der Waals surface area contributed by atoms with Gasteiger partial charge in [-0.1, -0.05) is 34.8 Å². The molecule has 0 saturated heterocycles. The summed E-state index contributed by atoms with van der Waals surface area (Å²) in [6.45, 7) is 1.47. The van der Waals surface area contributed by atoms with Crippen LogP contribution in [0.15, 0.2) is 18.2 Å². The van der Waals surface area contributed by atoms with E-state index < -0.39 is 0 Å². The number of hydrogen-bond acceptors (Lipinski definition) is 2. The van der Waals surface area contributed by atoms with Gasteiger partial charge in [-0.2, -0.15) is 0 Å². The molecule has 1 aliphatic carbocycles. The van der Waals surface area contributed by atoms with E-state index in [0.717, 1.165) is 12.1 Å². The highest BCUT2D eigenvalue weighted by atomic mass is 35.5. The molecule has 1 heterocycles. The number of nitrogens with one attached hydrogen (secondary N) is 1. The van der Waals surface area contributed by atoms with Crippen LogP contribution < -0.4 is 5.32 Å². The topological polar surface area (TPSA) is 12.0 Å². The minimum absolute atomic E-state index is 0.542. The highest BCUT2D eigenvalue weighted by Gasteiger charge is 2.15. The maximum absolute atomic E-state index is 6.19. The molecule has 1 nitrogen and oxygen atoms in total. The van der Waals surface area contributed by atoms with Crippen molar-refractivity contribution in [2.24, 2.45) is 0 Å². The van der Waals surface area contributed by atoms with E-state index in [1.807, 2.05) is 11.3 Å². The van der Waals surface area contributed by atoms with Crippen LogP contribution in [0.25, 0.3) is 0 Å². The van der Waals surface area contributed by atoms with E-state index in [-0.39, 0.29) is 0 Å². The quantitative estimate of drug-likeness (QED) is 0.722. The Morgan fingerprint density at radius 1 is 1.05 bits per heavy atom. The Bertz CT molecular complexity index is 615. The normalized spacial score (nSPS) is 13.8. The van der Waals surface area contributed by atoms with Gasteiger partial charge in [0.15, 0.2) is 0 Å². The van der Waals surface area contributed by atoms with Gasteiger partial charge >= 0.3 is 0 Å². The number of thiophene rings is 1. The van der Waals surface area contributed by atoms with Crippen molar-refractivity contribution in [3.8, 4) is 0 Å². The second kappa shape index (κ2) is 6.25. The van der Waals surface area contributed by atoms with Crippen LogP contribution in [-0.4, -0.2) is 0 Å². The van der Waals surface area contributed by atoms with Gasteiger partial charge in [0.05, 0.1) is 10.0 Å². The number of aryl methyl sites for hydroxylation is 2. The van der Waals surface area contributed by atoms with E-state index in [0.29, 0.717) is 21.6 Å². The molecule has 1 N–H and O–H groups in total. The van der Waals surface area contributed by atoms with Crippen molar-refractivity contribution in [1.29, 1.82) is 0 Å². The van der Waals surface area contributed by atoms with Crippen molar-refractivity contribution < 1.29 is 0 Å². The zero-order valence-corrected chi connectivity index (χ0v) is 13.9. The number of halogens is 3. The molecule has 1 aliphatic rings. The second-order valence-electron chi connectivity index (χ2n) is 4.94. The predicted molar refractivity (Wildman–Crippen MR) is 88.4 cm³/mol. The number of hydrogen-bond donors (Lipinski definition) is 1. The summed E-state index contributed by atoms with van der Waals surface area (Å²) in [7, 11) is 0. The number of fused-ring (bicyclic) bond motifs is 1. The average molecular weight is 347 g/mol. The summed E-state index contributed by atoms with van der Waals surface area (Å²) in [6.07, 6.45) is 3.78. The fourth-order valence-corrected chi connectivity index (χ4v) is 4.43. The van der Waals surface area contributed by atoms with Gasteiger partial charge < -0.3 is 5.32 Å². The third-order valence-corrected chi connectivity index (χ3v) is 5.97. The van der Waals surface area contributed by atoms with Crippen LogP contribution in [0.3, 0.4) is 0 Å². The standard InChI is InChI=1S/C15H14Cl3NS/c16-12-4-5-13(17)15(18)11(12)8-19-7-10-6-9-2-1-3-14(9)20-10/h4-6,19H,1-3,7-8H2. The molecule has 1 aromatic carbocycles. The lowest BCUT2D eigenvalue weighted by Crippen LogP contribution is -2.12. The molecule has 20 heavy (non-hydrogen) atoms. The molecule has 0 atom stereocenters. The second-order valence-corrected chi connectivity index (χ2v) is 7.35. The van der Waals surface area contributed by atoms with E-state index >= 15 is 0 Å². The molecular formula is C15H14Cl3NS. The monoisotopic (exact) mass is 345 g/mol. The van der Waals surface area contributed by atoms with Gasteiger partial charge in [0.1, 0.15) is 0 Å². The lowest BCUT2D eigenvalue weighted by molar-refractivity contribution is 0.700. The van der Waals surface area contributed by atoms with Crippen LogP contribution in [-0.2, 0) is 25.9 Å². The van der Waals surface area contributed by atoms with E-state index in [9.17, 15) is 0 Å². The van der Waals surface area contributed by atoms with Gasteiger partial charge in [-0.25, -0.2) is 0 Å². The van der Waals surface area contributed by atoms with Crippen molar-refractivity contribution in [2.75, 3.05) is 0 Å². The first-order chi connectivity index (χ1) is 9.65. The van der Waals surface area contributed by atoms with Gasteiger partial charge in [-0.3, -0.25) is 0 Å². The molecule has 106 valence electrons. The van der Waals surface area contributed by atoms with Gasteiger partial charge in [-0.05, 0) is 43.0 Å². The molecule has 0 amide bonds. The zero-order chi connectivity index (χ0) is 14.1. The molecule has 1 aromatic heterocycles. The van der Waals surface area contributed by atoms with Crippen molar-refractivity contribution >= 4 is 46.1 Å². The molecule has 0 fully saturated rings. The van der Waals surface area contributed by atoms with Gasteiger partial charge in [0.2, 0.25) is 0 Å². The summed E-state index contributed by atoms with van der Waals surface area (Å²) < 4.78 is 0. The molecule has 0 radical (unpaired) electrons. The molecule has 0 bridgehead atoms. The molecular weight excluding hydrogens is 333 g/mol. The molecule has 3 rings (SSSR count). The highest BCUT2D eigenvalue weighted by Crippen LogP contribution is 2.32. The van der Waals surface area contributed by atoms with Crippen molar-refractivity contribution in [3.05, 3.63) is 54.1 Å². The smallest absolute Gasteiger partial charge is 0.0652 e. The minimum Gasteiger partial charge on any atom is -0.308 e. The van der Waals surface area contributed by atoms with Gasteiger partial charge in [0, 0.05) is 33.4 Å². The third kappa shape index (κ3) is 3.00. The SMILES string of the molecule is Clc1ccc(Cl)c(CNCc2cc3c(s2)CCC3)c1Cl. The zero-order valence-electron chi connectivity index (χ0n) is 10.8. The first-order valence-corrected chi connectivity index (χ1v) is 8.53. The van der Waals surface area contributed by atoms with Crippen LogP contribution in [0.2, 0.25) is 15.1 Å². The fourth-order valence-electron chi connectivity index (χ4n) is 2.52. The molecule has 2 aromatic rings. The van der Waals surface area contributed by atoms with Crippen LogP contribution in [0, 0.1) is 0 Å². The van der Waals surface area contributed by atoms with Gasteiger partial charge in [0.25, 0.3) is 0 Å². The van der Waals surface area contributed by atoms with E-state index in [2.05, 4.69) is 11.4 Å². The molecule has 0 saturated carbocycles.